The van der Waals surface area contributed by atoms with Crippen molar-refractivity contribution in [2.75, 3.05) is 32.8 Å². The fourth-order valence-electron chi connectivity index (χ4n) is 5.46. The van der Waals surface area contributed by atoms with Crippen molar-refractivity contribution in [1.82, 2.24) is 35.0 Å². The zero-order valence-corrected chi connectivity index (χ0v) is 23.5. The molecule has 5 rings (SSSR count). The van der Waals surface area contributed by atoms with Crippen molar-refractivity contribution in [1.29, 1.82) is 0 Å². The molecule has 1 aliphatic heterocycles. The number of morpholine rings is 1. The molecule has 0 spiro atoms. The Bertz CT molecular complexity index is 1460. The largest absolute Gasteiger partial charge is 0.379 e. The second-order valence-corrected chi connectivity index (χ2v) is 10.8. The van der Waals surface area contributed by atoms with Crippen LogP contribution >= 0.6 is 0 Å². The zero-order chi connectivity index (χ0) is 28.1. The summed E-state index contributed by atoms with van der Waals surface area (Å²) in [6.45, 7) is 12.0. The quantitative estimate of drug-likeness (QED) is 0.304. The van der Waals surface area contributed by atoms with Gasteiger partial charge in [-0.25, -0.2) is 9.07 Å². The van der Waals surface area contributed by atoms with Gasteiger partial charge in [-0.15, -0.1) is 5.10 Å². The highest BCUT2D eigenvalue weighted by atomic mass is 19.1. The lowest BCUT2D eigenvalue weighted by Gasteiger charge is -2.34. The molecule has 0 unspecified atom stereocenters. The van der Waals surface area contributed by atoms with Gasteiger partial charge in [0.25, 0.3) is 5.56 Å². The van der Waals surface area contributed by atoms with E-state index in [0.717, 1.165) is 61.6 Å². The van der Waals surface area contributed by atoms with Crippen LogP contribution in [0.2, 0.25) is 0 Å². The van der Waals surface area contributed by atoms with Gasteiger partial charge >= 0.3 is 0 Å². The summed E-state index contributed by atoms with van der Waals surface area (Å²) in [5.41, 5.74) is 3.54. The maximum Gasteiger partial charge on any atom is 0.252 e. The normalized spacial score (nSPS) is 15.3. The van der Waals surface area contributed by atoms with Crippen LogP contribution in [-0.4, -0.2) is 67.8 Å². The number of ether oxygens (including phenoxy) is 1. The molecule has 9 nitrogen and oxygen atoms in total. The Morgan fingerprint density at radius 1 is 1.02 bits per heavy atom. The highest BCUT2D eigenvalue weighted by molar-refractivity contribution is 5.79. The maximum atomic E-state index is 13.7. The Morgan fingerprint density at radius 2 is 1.77 bits per heavy atom. The van der Waals surface area contributed by atoms with Gasteiger partial charge in [0, 0.05) is 43.8 Å². The third-order valence-electron chi connectivity index (χ3n) is 7.65. The summed E-state index contributed by atoms with van der Waals surface area (Å²) >= 11 is 0. The molecule has 2 aromatic heterocycles. The fraction of sp³-hybridized carbons (Fsp3) is 0.467. The van der Waals surface area contributed by atoms with Gasteiger partial charge in [-0.2, -0.15) is 0 Å². The van der Waals surface area contributed by atoms with Crippen LogP contribution in [0.15, 0.2) is 53.3 Å². The smallest absolute Gasteiger partial charge is 0.252 e. The number of H-pyrrole nitrogens is 1. The number of nitrogens with zero attached hydrogens (tertiary/aromatic N) is 6. The molecule has 212 valence electrons. The van der Waals surface area contributed by atoms with E-state index in [-0.39, 0.29) is 23.3 Å². The zero-order valence-electron chi connectivity index (χ0n) is 23.5. The first kappa shape index (κ1) is 28.1. The molecule has 2 aromatic carbocycles. The predicted molar refractivity (Wildman–Crippen MR) is 152 cm³/mol. The number of tetrazole rings is 1. The molecule has 0 aliphatic carbocycles. The van der Waals surface area contributed by atoms with Crippen LogP contribution in [0.5, 0.6) is 0 Å². The van der Waals surface area contributed by atoms with Crippen molar-refractivity contribution in [3.8, 4) is 0 Å². The van der Waals surface area contributed by atoms with E-state index in [9.17, 15) is 9.18 Å². The van der Waals surface area contributed by atoms with Crippen LogP contribution in [0.1, 0.15) is 49.3 Å². The predicted octanol–water partition coefficient (Wildman–Crippen LogP) is 3.95. The minimum absolute atomic E-state index is 0.115. The van der Waals surface area contributed by atoms with E-state index in [1.807, 2.05) is 22.9 Å². The minimum Gasteiger partial charge on any atom is -0.379 e. The van der Waals surface area contributed by atoms with Crippen molar-refractivity contribution in [2.24, 2.45) is 5.92 Å². The molecule has 3 heterocycles. The molecule has 0 saturated carbocycles. The Hall–Kier alpha value is -3.47. The lowest BCUT2D eigenvalue weighted by molar-refractivity contribution is 0.0353. The van der Waals surface area contributed by atoms with E-state index in [1.54, 1.807) is 12.1 Å². The fourth-order valence-corrected chi connectivity index (χ4v) is 5.46. The number of fused-ring (bicyclic) bond motifs is 1. The first-order chi connectivity index (χ1) is 19.4. The number of aromatic amines is 1. The minimum atomic E-state index is -0.277. The molecule has 0 radical (unpaired) electrons. The monoisotopic (exact) mass is 547 g/mol. The standard InChI is InChI=1S/C30H38FN7O2/c1-4-22-7-10-27-24(17-22)18-25(30(39)32-27)20-37(19-23-5-8-26(31)9-6-23)28(21(2)3)29-33-34-35-38(29)12-11-36-13-15-40-16-14-36/h5-10,17-18,21,28H,4,11-16,19-20H2,1-3H3,(H,32,39)/t28-/m0/s1. The van der Waals surface area contributed by atoms with Gasteiger partial charge in [0.05, 0.1) is 25.8 Å². The summed E-state index contributed by atoms with van der Waals surface area (Å²) in [6.07, 6.45) is 0.920. The summed E-state index contributed by atoms with van der Waals surface area (Å²) < 4.78 is 21.1. The lowest BCUT2D eigenvalue weighted by atomic mass is 9.99. The summed E-state index contributed by atoms with van der Waals surface area (Å²) in [6, 6.07) is 14.5. The Balaban J connectivity index is 1.49. The van der Waals surface area contributed by atoms with E-state index in [1.165, 1.54) is 17.7 Å². The second-order valence-electron chi connectivity index (χ2n) is 10.8. The molecule has 40 heavy (non-hydrogen) atoms. The molecule has 1 atom stereocenters. The van der Waals surface area contributed by atoms with E-state index >= 15 is 0 Å². The Morgan fingerprint density at radius 3 is 2.50 bits per heavy atom. The molecule has 4 aromatic rings. The van der Waals surface area contributed by atoms with Crippen molar-refractivity contribution in [3.05, 3.63) is 87.2 Å². The van der Waals surface area contributed by atoms with Crippen LogP contribution in [0, 0.1) is 11.7 Å². The topological polar surface area (TPSA) is 92.2 Å². The molecule has 1 fully saturated rings. The summed E-state index contributed by atoms with van der Waals surface area (Å²) in [5, 5.41) is 13.9. The highest BCUT2D eigenvalue weighted by Crippen LogP contribution is 2.30. The molecule has 10 heteroatoms. The first-order valence-corrected chi connectivity index (χ1v) is 14.1. The summed E-state index contributed by atoms with van der Waals surface area (Å²) in [5.74, 6) is 0.621. The SMILES string of the molecule is CCc1ccc2[nH]c(=O)c(CN(Cc3ccc(F)cc3)[C@H](c3nnnn3CCN3CCOCC3)C(C)C)cc2c1. The van der Waals surface area contributed by atoms with Crippen LogP contribution in [0.4, 0.5) is 4.39 Å². The molecule has 0 bridgehead atoms. The highest BCUT2D eigenvalue weighted by Gasteiger charge is 2.30. The molecular formula is C30H38FN7O2. The molecule has 1 saturated heterocycles. The average molecular weight is 548 g/mol. The van der Waals surface area contributed by atoms with Crippen molar-refractivity contribution in [3.63, 3.8) is 0 Å². The molecule has 0 amide bonds. The number of hydrogen-bond acceptors (Lipinski definition) is 7. The van der Waals surface area contributed by atoms with Gasteiger partial charge in [-0.3, -0.25) is 14.6 Å². The Kier molecular flexibility index (Phi) is 8.98. The second kappa shape index (κ2) is 12.8. The molecule has 1 N–H and O–H groups in total. The number of rotatable bonds is 11. The summed E-state index contributed by atoms with van der Waals surface area (Å²) in [7, 11) is 0. The van der Waals surface area contributed by atoms with Crippen molar-refractivity contribution >= 4 is 10.9 Å². The molecule has 1 aliphatic rings. The average Bonchev–Trinajstić information content (AvgIpc) is 3.41. The van der Waals surface area contributed by atoms with Gasteiger partial charge in [-0.1, -0.05) is 39.0 Å². The van der Waals surface area contributed by atoms with Gasteiger partial charge < -0.3 is 9.72 Å². The van der Waals surface area contributed by atoms with Crippen LogP contribution in [-0.2, 0) is 30.8 Å². The third-order valence-corrected chi connectivity index (χ3v) is 7.65. The first-order valence-electron chi connectivity index (χ1n) is 14.1. The number of aryl methyl sites for hydroxylation is 1. The van der Waals surface area contributed by atoms with Gasteiger partial charge in [0.1, 0.15) is 5.82 Å². The summed E-state index contributed by atoms with van der Waals surface area (Å²) in [4.78, 5) is 20.9. The van der Waals surface area contributed by atoms with Crippen LogP contribution in [0.25, 0.3) is 10.9 Å². The number of hydrogen-bond donors (Lipinski definition) is 1. The third kappa shape index (κ3) is 6.63. The van der Waals surface area contributed by atoms with E-state index < -0.39 is 0 Å². The molecular weight excluding hydrogens is 509 g/mol. The number of pyridine rings is 1. The number of nitrogens with one attached hydrogen (secondary N) is 1. The Labute approximate surface area is 233 Å². The van der Waals surface area contributed by atoms with Gasteiger partial charge in [0.2, 0.25) is 0 Å². The van der Waals surface area contributed by atoms with Crippen LogP contribution < -0.4 is 5.56 Å². The van der Waals surface area contributed by atoms with Crippen molar-refractivity contribution < 1.29 is 9.13 Å². The number of aromatic nitrogens is 5. The number of benzene rings is 2. The van der Waals surface area contributed by atoms with Crippen LogP contribution in [0.3, 0.4) is 0 Å². The van der Waals surface area contributed by atoms with E-state index in [0.29, 0.717) is 25.2 Å². The van der Waals surface area contributed by atoms with E-state index in [2.05, 4.69) is 57.1 Å². The number of halogens is 1. The van der Waals surface area contributed by atoms with Gasteiger partial charge in [-0.05, 0) is 69.6 Å². The van der Waals surface area contributed by atoms with Crippen molar-refractivity contribution in [2.45, 2.75) is 52.9 Å². The lowest BCUT2D eigenvalue weighted by Crippen LogP contribution is -2.39. The maximum absolute atomic E-state index is 13.7. The van der Waals surface area contributed by atoms with Gasteiger partial charge in [0.15, 0.2) is 5.82 Å². The van der Waals surface area contributed by atoms with E-state index in [4.69, 9.17) is 4.74 Å².